The predicted molar refractivity (Wildman–Crippen MR) is 105 cm³/mol. The van der Waals surface area contributed by atoms with Crippen LogP contribution in [0.3, 0.4) is 0 Å². The summed E-state index contributed by atoms with van der Waals surface area (Å²) in [6, 6.07) is 11.4. The van der Waals surface area contributed by atoms with Crippen molar-refractivity contribution in [3.05, 3.63) is 53.6 Å². The summed E-state index contributed by atoms with van der Waals surface area (Å²) in [5.41, 5.74) is 0.845. The Bertz CT molecular complexity index is 1030. The Morgan fingerprint density at radius 1 is 1.17 bits per heavy atom. The number of carbonyl (C=O) groups excluding carboxylic acids is 3. The lowest BCUT2D eigenvalue weighted by Gasteiger charge is -2.20. The summed E-state index contributed by atoms with van der Waals surface area (Å²) in [6.07, 6.45) is 0. The molecule has 2 heterocycles. The molecule has 0 aliphatic carbocycles. The van der Waals surface area contributed by atoms with E-state index in [0.29, 0.717) is 22.1 Å². The third-order valence-corrected chi connectivity index (χ3v) is 4.85. The van der Waals surface area contributed by atoms with Gasteiger partial charge in [0.05, 0.1) is 18.5 Å². The van der Waals surface area contributed by atoms with Crippen molar-refractivity contribution in [1.82, 2.24) is 5.01 Å². The molecule has 1 N–H and O–H groups in total. The maximum atomic E-state index is 12.9. The van der Waals surface area contributed by atoms with Crippen molar-refractivity contribution in [3.8, 4) is 5.75 Å². The molecule has 2 aromatic carbocycles. The molecule has 10 heteroatoms. The molecule has 29 heavy (non-hydrogen) atoms. The molecular weight excluding hydrogens is 398 g/mol. The second-order valence-electron chi connectivity index (χ2n) is 6.43. The van der Waals surface area contributed by atoms with Gasteiger partial charge in [-0.15, -0.1) is 0 Å². The molecule has 1 fully saturated rings. The summed E-state index contributed by atoms with van der Waals surface area (Å²) in [4.78, 5) is 39.1. The van der Waals surface area contributed by atoms with Crippen molar-refractivity contribution in [2.45, 2.75) is 12.1 Å². The van der Waals surface area contributed by atoms with Crippen LogP contribution >= 0.6 is 11.6 Å². The minimum atomic E-state index is -0.986. The molecule has 0 aromatic heterocycles. The first-order valence-electron chi connectivity index (χ1n) is 8.73. The number of para-hydroxylation sites is 2. The van der Waals surface area contributed by atoms with Gasteiger partial charge in [0.2, 0.25) is 5.91 Å². The number of imide groups is 1. The number of rotatable bonds is 5. The molecular formula is C19H16ClN5O4. The Morgan fingerprint density at radius 2 is 1.97 bits per heavy atom. The zero-order chi connectivity index (χ0) is 20.5. The Labute approximate surface area is 170 Å². The van der Waals surface area contributed by atoms with Crippen LogP contribution in [0, 0.1) is 0 Å². The van der Waals surface area contributed by atoms with Crippen LogP contribution in [0.2, 0.25) is 5.02 Å². The van der Waals surface area contributed by atoms with Crippen LogP contribution in [0.25, 0.3) is 0 Å². The number of amides is 3. The fourth-order valence-corrected chi connectivity index (χ4v) is 3.49. The number of nitrogens with zero attached hydrogens (tertiary/aromatic N) is 4. The summed E-state index contributed by atoms with van der Waals surface area (Å²) >= 11 is 5.97. The van der Waals surface area contributed by atoms with Crippen molar-refractivity contribution < 1.29 is 19.1 Å². The molecule has 9 nitrogen and oxygen atoms in total. The number of benzene rings is 2. The van der Waals surface area contributed by atoms with Gasteiger partial charge in [0.25, 0.3) is 11.8 Å². The van der Waals surface area contributed by atoms with Crippen LogP contribution in [0.1, 0.15) is 0 Å². The van der Waals surface area contributed by atoms with Crippen molar-refractivity contribution in [2.75, 3.05) is 23.9 Å². The first-order chi connectivity index (χ1) is 14.0. The molecule has 148 valence electrons. The highest BCUT2D eigenvalue weighted by Gasteiger charge is 2.55. The number of hydrogen-bond donors (Lipinski definition) is 1. The average Bonchev–Trinajstić information content (AvgIpc) is 3.22. The lowest BCUT2D eigenvalue weighted by atomic mass is 10.1. The zero-order valence-electron chi connectivity index (χ0n) is 15.3. The van der Waals surface area contributed by atoms with E-state index in [9.17, 15) is 14.4 Å². The van der Waals surface area contributed by atoms with E-state index in [0.717, 1.165) is 4.90 Å². The Balaban J connectivity index is 1.50. The standard InChI is InChI=1S/C19H16ClN5O4/c1-29-14-8-3-2-7-13(14)21-15(26)10-24-17-16(22-23-24)18(27)25(19(17)28)12-6-4-5-11(20)9-12/h2-9,16-17H,10H2,1H3,(H,21,26). The highest BCUT2D eigenvalue weighted by atomic mass is 35.5. The molecule has 2 atom stereocenters. The lowest BCUT2D eigenvalue weighted by molar-refractivity contribution is -0.123. The van der Waals surface area contributed by atoms with Gasteiger partial charge in [0.15, 0.2) is 12.1 Å². The summed E-state index contributed by atoms with van der Waals surface area (Å²) in [5.74, 6) is -0.924. The van der Waals surface area contributed by atoms with Crippen LogP contribution in [0.15, 0.2) is 58.9 Å². The molecule has 2 aromatic rings. The molecule has 4 rings (SSSR count). The highest BCUT2D eigenvalue weighted by molar-refractivity contribution is 6.31. The highest BCUT2D eigenvalue weighted by Crippen LogP contribution is 2.32. The van der Waals surface area contributed by atoms with Gasteiger partial charge in [0.1, 0.15) is 12.3 Å². The van der Waals surface area contributed by atoms with Crippen LogP contribution in [-0.4, -0.2) is 48.5 Å². The number of methoxy groups -OCH3 is 1. The van der Waals surface area contributed by atoms with E-state index in [1.54, 1.807) is 42.5 Å². The second kappa shape index (κ2) is 7.51. The van der Waals surface area contributed by atoms with Crippen LogP contribution < -0.4 is 15.0 Å². The molecule has 2 aliphatic heterocycles. The molecule has 1 saturated heterocycles. The average molecular weight is 414 g/mol. The maximum Gasteiger partial charge on any atom is 0.263 e. The summed E-state index contributed by atoms with van der Waals surface area (Å²) in [5, 5.41) is 12.1. The molecule has 2 unspecified atom stereocenters. The van der Waals surface area contributed by atoms with Gasteiger partial charge in [-0.25, -0.2) is 4.90 Å². The van der Waals surface area contributed by atoms with Gasteiger partial charge in [-0.05, 0) is 30.3 Å². The maximum absolute atomic E-state index is 12.9. The molecule has 0 saturated carbocycles. The van der Waals surface area contributed by atoms with Crippen LogP contribution in [0.5, 0.6) is 5.75 Å². The largest absolute Gasteiger partial charge is 0.495 e. The third kappa shape index (κ3) is 3.40. The fraction of sp³-hybridized carbons (Fsp3) is 0.211. The smallest absolute Gasteiger partial charge is 0.263 e. The minimum Gasteiger partial charge on any atom is -0.495 e. The van der Waals surface area contributed by atoms with E-state index in [1.807, 2.05) is 0 Å². The van der Waals surface area contributed by atoms with Gasteiger partial charge >= 0.3 is 0 Å². The van der Waals surface area contributed by atoms with E-state index in [2.05, 4.69) is 15.7 Å². The summed E-state index contributed by atoms with van der Waals surface area (Å²) in [6.45, 7) is -0.245. The van der Waals surface area contributed by atoms with Gasteiger partial charge in [-0.3, -0.25) is 19.4 Å². The number of ether oxygens (including phenoxy) is 1. The number of anilines is 2. The minimum absolute atomic E-state index is 0.245. The van der Waals surface area contributed by atoms with Crippen molar-refractivity contribution in [2.24, 2.45) is 10.3 Å². The van der Waals surface area contributed by atoms with E-state index in [1.165, 1.54) is 18.2 Å². The number of fused-ring (bicyclic) bond motifs is 1. The third-order valence-electron chi connectivity index (χ3n) is 4.61. The quantitative estimate of drug-likeness (QED) is 0.757. The SMILES string of the molecule is COc1ccccc1NC(=O)CN1N=NC2C(=O)N(c3cccc(Cl)c3)C(=O)C21. The molecule has 0 radical (unpaired) electrons. The normalized spacial score (nSPS) is 20.2. The fourth-order valence-electron chi connectivity index (χ4n) is 3.31. The molecule has 2 aliphatic rings. The van der Waals surface area contributed by atoms with Gasteiger partial charge in [-0.2, -0.15) is 5.11 Å². The lowest BCUT2D eigenvalue weighted by Crippen LogP contribution is -2.43. The van der Waals surface area contributed by atoms with Crippen LogP contribution in [-0.2, 0) is 14.4 Å². The summed E-state index contributed by atoms with van der Waals surface area (Å²) in [7, 11) is 1.50. The van der Waals surface area contributed by atoms with Gasteiger partial charge in [0, 0.05) is 5.02 Å². The predicted octanol–water partition coefficient (Wildman–Crippen LogP) is 2.28. The number of halogens is 1. The summed E-state index contributed by atoms with van der Waals surface area (Å²) < 4.78 is 5.20. The Hall–Kier alpha value is -3.46. The van der Waals surface area contributed by atoms with Crippen LogP contribution in [0.4, 0.5) is 11.4 Å². The monoisotopic (exact) mass is 413 g/mol. The Morgan fingerprint density at radius 3 is 2.72 bits per heavy atom. The number of nitrogens with one attached hydrogen (secondary N) is 1. The molecule has 0 spiro atoms. The second-order valence-corrected chi connectivity index (χ2v) is 6.87. The number of hydrogen-bond acceptors (Lipinski definition) is 7. The van der Waals surface area contributed by atoms with E-state index in [-0.39, 0.29) is 6.54 Å². The van der Waals surface area contributed by atoms with Crippen molar-refractivity contribution in [1.29, 1.82) is 0 Å². The molecule has 3 amide bonds. The van der Waals surface area contributed by atoms with Gasteiger partial charge < -0.3 is 10.1 Å². The first kappa shape index (κ1) is 18.9. The van der Waals surface area contributed by atoms with E-state index < -0.39 is 29.8 Å². The topological polar surface area (TPSA) is 104 Å². The van der Waals surface area contributed by atoms with E-state index in [4.69, 9.17) is 16.3 Å². The number of carbonyl (C=O) groups is 3. The van der Waals surface area contributed by atoms with Gasteiger partial charge in [-0.1, -0.05) is 35.0 Å². The Kier molecular flexibility index (Phi) is 4.89. The molecule has 0 bridgehead atoms. The van der Waals surface area contributed by atoms with Crippen molar-refractivity contribution >= 4 is 40.7 Å². The van der Waals surface area contributed by atoms with Crippen molar-refractivity contribution in [3.63, 3.8) is 0 Å². The zero-order valence-corrected chi connectivity index (χ0v) is 16.0. The van der Waals surface area contributed by atoms with E-state index >= 15 is 0 Å². The first-order valence-corrected chi connectivity index (χ1v) is 9.11.